The normalized spacial score (nSPS) is 10.5. The summed E-state index contributed by atoms with van der Waals surface area (Å²) < 4.78 is 5.29. The molecule has 0 aliphatic heterocycles. The zero-order chi connectivity index (χ0) is 22.3. The molecule has 0 amide bonds. The van der Waals surface area contributed by atoms with Gasteiger partial charge in [-0.2, -0.15) is 0 Å². The minimum Gasteiger partial charge on any atom is -0.482 e. The Balaban J connectivity index is 1.63. The van der Waals surface area contributed by atoms with E-state index in [0.717, 1.165) is 33.9 Å². The largest absolute Gasteiger partial charge is 0.482 e. The van der Waals surface area contributed by atoms with E-state index in [0.29, 0.717) is 12.3 Å². The number of carbonyl (C=O) groups is 1. The number of carboxylic acid groups (broad SMARTS) is 1. The molecule has 0 spiro atoms. The van der Waals surface area contributed by atoms with Gasteiger partial charge in [-0.1, -0.05) is 72.8 Å². The molecule has 32 heavy (non-hydrogen) atoms. The molecule has 6 heteroatoms. The summed E-state index contributed by atoms with van der Waals surface area (Å²) in [6.07, 6.45) is 1.78. The van der Waals surface area contributed by atoms with Gasteiger partial charge in [0.2, 0.25) is 0 Å². The Morgan fingerprint density at radius 2 is 1.56 bits per heavy atom. The van der Waals surface area contributed by atoms with Gasteiger partial charge in [-0.3, -0.25) is 4.98 Å². The number of aromatic nitrogens is 2. The molecule has 0 fully saturated rings. The van der Waals surface area contributed by atoms with Crippen molar-refractivity contribution in [3.8, 4) is 28.3 Å². The lowest BCUT2D eigenvalue weighted by molar-refractivity contribution is -0.139. The molecule has 160 valence electrons. The number of rotatable bonds is 8. The van der Waals surface area contributed by atoms with Crippen LogP contribution in [0.1, 0.15) is 5.56 Å². The van der Waals surface area contributed by atoms with Crippen LogP contribution in [0.15, 0.2) is 91.1 Å². The van der Waals surface area contributed by atoms with E-state index in [-0.39, 0.29) is 6.61 Å². The van der Waals surface area contributed by atoms with Crippen molar-refractivity contribution in [1.82, 2.24) is 9.97 Å². The molecule has 1 N–H and O–H groups in total. The first-order chi connectivity index (χ1) is 15.6. The standard InChI is InChI=1S/C26H23N3O3/c1-29(17-19-9-8-14-22(15-19)32-18-24(30)31)23-16-27-25(20-10-4-2-5-11-20)26(28-23)21-12-6-3-7-13-21/h2-16H,17-18H2,1H3,(H,30,31). The second-order valence-corrected chi connectivity index (χ2v) is 7.34. The number of hydrogen-bond donors (Lipinski definition) is 1. The fourth-order valence-electron chi connectivity index (χ4n) is 3.40. The highest BCUT2D eigenvalue weighted by molar-refractivity contribution is 5.78. The van der Waals surface area contributed by atoms with E-state index in [4.69, 9.17) is 19.8 Å². The van der Waals surface area contributed by atoms with Crippen molar-refractivity contribution in [2.45, 2.75) is 6.54 Å². The first kappa shape index (κ1) is 21.1. The van der Waals surface area contributed by atoms with Crippen LogP contribution < -0.4 is 9.64 Å². The molecule has 6 nitrogen and oxygen atoms in total. The third-order valence-electron chi connectivity index (χ3n) is 4.93. The molecule has 4 rings (SSSR count). The molecule has 0 unspecified atom stereocenters. The number of ether oxygens (including phenoxy) is 1. The Hall–Kier alpha value is -4.19. The summed E-state index contributed by atoms with van der Waals surface area (Å²) in [6, 6.07) is 27.4. The lowest BCUT2D eigenvalue weighted by Crippen LogP contribution is -2.18. The van der Waals surface area contributed by atoms with Gasteiger partial charge in [0.25, 0.3) is 0 Å². The van der Waals surface area contributed by atoms with Crippen molar-refractivity contribution in [3.05, 3.63) is 96.7 Å². The summed E-state index contributed by atoms with van der Waals surface area (Å²) in [7, 11) is 1.95. The van der Waals surface area contributed by atoms with E-state index in [2.05, 4.69) is 0 Å². The Morgan fingerprint density at radius 3 is 2.22 bits per heavy atom. The summed E-state index contributed by atoms with van der Waals surface area (Å²) in [5, 5.41) is 8.81. The zero-order valence-electron chi connectivity index (χ0n) is 17.7. The van der Waals surface area contributed by atoms with Gasteiger partial charge in [0.05, 0.1) is 17.6 Å². The Kier molecular flexibility index (Phi) is 6.41. The van der Waals surface area contributed by atoms with E-state index in [1.54, 1.807) is 12.3 Å². The number of aliphatic carboxylic acids is 1. The molecule has 0 atom stereocenters. The molecule has 1 heterocycles. The summed E-state index contributed by atoms with van der Waals surface area (Å²) in [5.74, 6) is 0.254. The molecule has 0 bridgehead atoms. The predicted octanol–water partition coefficient (Wildman–Crippen LogP) is 4.91. The van der Waals surface area contributed by atoms with Crippen molar-refractivity contribution < 1.29 is 14.6 Å². The molecule has 1 aromatic heterocycles. The van der Waals surface area contributed by atoms with Gasteiger partial charge >= 0.3 is 5.97 Å². The van der Waals surface area contributed by atoms with E-state index in [1.165, 1.54) is 0 Å². The third kappa shape index (κ3) is 5.10. The van der Waals surface area contributed by atoms with Crippen LogP contribution in [0.5, 0.6) is 5.75 Å². The maximum Gasteiger partial charge on any atom is 0.341 e. The Bertz CT molecular complexity index is 1200. The first-order valence-electron chi connectivity index (χ1n) is 10.2. The van der Waals surface area contributed by atoms with Crippen LogP contribution in [-0.2, 0) is 11.3 Å². The van der Waals surface area contributed by atoms with Gasteiger partial charge in [-0.05, 0) is 17.7 Å². The van der Waals surface area contributed by atoms with Crippen LogP contribution in [0, 0.1) is 0 Å². The van der Waals surface area contributed by atoms with Crippen LogP contribution in [0.3, 0.4) is 0 Å². The topological polar surface area (TPSA) is 75.5 Å². The first-order valence-corrected chi connectivity index (χ1v) is 10.2. The Labute approximate surface area is 186 Å². The number of benzene rings is 3. The average Bonchev–Trinajstić information content (AvgIpc) is 2.84. The lowest BCUT2D eigenvalue weighted by atomic mass is 10.0. The Morgan fingerprint density at radius 1 is 0.906 bits per heavy atom. The number of carboxylic acids is 1. The van der Waals surface area contributed by atoms with E-state index < -0.39 is 5.97 Å². The summed E-state index contributed by atoms with van der Waals surface area (Å²) in [6.45, 7) is 0.198. The number of nitrogens with zero attached hydrogens (tertiary/aromatic N) is 3. The SMILES string of the molecule is CN(Cc1cccc(OCC(=O)O)c1)c1cnc(-c2ccccc2)c(-c2ccccc2)n1. The van der Waals surface area contributed by atoms with Gasteiger partial charge in [-0.25, -0.2) is 9.78 Å². The van der Waals surface area contributed by atoms with E-state index in [1.807, 2.05) is 90.8 Å². The molecule has 4 aromatic rings. The van der Waals surface area contributed by atoms with Crippen molar-refractivity contribution in [1.29, 1.82) is 0 Å². The van der Waals surface area contributed by atoms with Gasteiger partial charge < -0.3 is 14.7 Å². The average molecular weight is 425 g/mol. The third-order valence-corrected chi connectivity index (χ3v) is 4.93. The zero-order valence-corrected chi connectivity index (χ0v) is 17.7. The van der Waals surface area contributed by atoms with Crippen molar-refractivity contribution in [3.63, 3.8) is 0 Å². The molecule has 3 aromatic carbocycles. The van der Waals surface area contributed by atoms with Crippen molar-refractivity contribution in [2.24, 2.45) is 0 Å². The molecular formula is C26H23N3O3. The number of anilines is 1. The molecule has 0 saturated heterocycles. The molecule has 0 aliphatic carbocycles. The smallest absolute Gasteiger partial charge is 0.341 e. The van der Waals surface area contributed by atoms with Crippen molar-refractivity contribution >= 4 is 11.8 Å². The highest BCUT2D eigenvalue weighted by Gasteiger charge is 2.14. The van der Waals surface area contributed by atoms with Gasteiger partial charge in [0.1, 0.15) is 11.6 Å². The van der Waals surface area contributed by atoms with Gasteiger partial charge in [-0.15, -0.1) is 0 Å². The summed E-state index contributed by atoms with van der Waals surface area (Å²) >= 11 is 0. The maximum atomic E-state index is 10.8. The minimum absolute atomic E-state index is 0.369. The van der Waals surface area contributed by atoms with E-state index in [9.17, 15) is 4.79 Å². The van der Waals surface area contributed by atoms with Crippen LogP contribution in [-0.4, -0.2) is 34.7 Å². The van der Waals surface area contributed by atoms with Crippen LogP contribution >= 0.6 is 0 Å². The fraction of sp³-hybridized carbons (Fsp3) is 0.115. The van der Waals surface area contributed by atoms with E-state index >= 15 is 0 Å². The molecule has 0 aliphatic rings. The highest BCUT2D eigenvalue weighted by Crippen LogP contribution is 2.30. The summed E-state index contributed by atoms with van der Waals surface area (Å²) in [4.78, 5) is 22.5. The van der Waals surface area contributed by atoms with Gasteiger partial charge in [0, 0.05) is 24.7 Å². The fourth-order valence-corrected chi connectivity index (χ4v) is 3.40. The quantitative estimate of drug-likeness (QED) is 0.432. The molecular weight excluding hydrogens is 402 g/mol. The summed E-state index contributed by atoms with van der Waals surface area (Å²) in [5.41, 5.74) is 4.64. The number of hydrogen-bond acceptors (Lipinski definition) is 5. The second kappa shape index (κ2) is 9.75. The van der Waals surface area contributed by atoms with Crippen LogP contribution in [0.2, 0.25) is 0 Å². The minimum atomic E-state index is -1.00. The van der Waals surface area contributed by atoms with Gasteiger partial charge in [0.15, 0.2) is 6.61 Å². The predicted molar refractivity (Wildman–Crippen MR) is 125 cm³/mol. The molecule has 0 saturated carbocycles. The monoisotopic (exact) mass is 425 g/mol. The van der Waals surface area contributed by atoms with Crippen molar-refractivity contribution in [2.75, 3.05) is 18.6 Å². The van der Waals surface area contributed by atoms with Crippen LogP contribution in [0.4, 0.5) is 5.82 Å². The second-order valence-electron chi connectivity index (χ2n) is 7.34. The van der Waals surface area contributed by atoms with Crippen LogP contribution in [0.25, 0.3) is 22.5 Å². The highest BCUT2D eigenvalue weighted by atomic mass is 16.5. The molecule has 0 radical (unpaired) electrons. The maximum absolute atomic E-state index is 10.8. The lowest BCUT2D eigenvalue weighted by Gasteiger charge is -2.20.